The number of rotatable bonds is 3. The Hall–Kier alpha value is -1.81. The van der Waals surface area contributed by atoms with Crippen molar-refractivity contribution in [2.45, 2.75) is 6.92 Å². The second-order valence-electron chi connectivity index (χ2n) is 3.38. The van der Waals surface area contributed by atoms with Crippen LogP contribution in [0.3, 0.4) is 0 Å². The van der Waals surface area contributed by atoms with E-state index in [1.807, 2.05) is 31.2 Å². The number of aryl methyl sites for hydroxylation is 1. The molecule has 17 heavy (non-hydrogen) atoms. The lowest BCUT2D eigenvalue weighted by Crippen LogP contribution is -1.96. The van der Waals surface area contributed by atoms with Crippen LogP contribution in [0.25, 0.3) is 0 Å². The number of ether oxygens (including phenoxy) is 2. The van der Waals surface area contributed by atoms with Crippen molar-refractivity contribution in [3.8, 4) is 17.6 Å². The van der Waals surface area contributed by atoms with Gasteiger partial charge in [0.05, 0.1) is 7.11 Å². The highest BCUT2D eigenvalue weighted by molar-refractivity contribution is 6.29. The maximum atomic E-state index is 5.82. The monoisotopic (exact) mass is 250 g/mol. The Balaban J connectivity index is 2.30. The average Bonchev–Trinajstić information content (AvgIpc) is 2.31. The molecule has 4 nitrogen and oxygen atoms in total. The predicted octanol–water partition coefficient (Wildman–Crippen LogP) is 3.24. The number of benzene rings is 1. The van der Waals surface area contributed by atoms with E-state index in [0.717, 1.165) is 5.56 Å². The molecule has 0 aliphatic rings. The van der Waals surface area contributed by atoms with Gasteiger partial charge in [0.15, 0.2) is 0 Å². The van der Waals surface area contributed by atoms with Crippen LogP contribution < -0.4 is 9.47 Å². The summed E-state index contributed by atoms with van der Waals surface area (Å²) >= 11 is 5.82. The number of methoxy groups -OCH3 is 1. The molecule has 0 amide bonds. The first-order valence-corrected chi connectivity index (χ1v) is 5.39. The largest absolute Gasteiger partial charge is 0.481 e. The first-order chi connectivity index (χ1) is 8.19. The maximum Gasteiger partial charge on any atom is 0.326 e. The van der Waals surface area contributed by atoms with Crippen molar-refractivity contribution in [1.82, 2.24) is 9.97 Å². The number of nitrogens with zero attached hydrogens (tertiary/aromatic N) is 2. The number of hydrogen-bond donors (Lipinski definition) is 0. The van der Waals surface area contributed by atoms with Crippen LogP contribution in [-0.4, -0.2) is 17.1 Å². The summed E-state index contributed by atoms with van der Waals surface area (Å²) in [6.45, 7) is 1.94. The van der Waals surface area contributed by atoms with Gasteiger partial charge in [-0.1, -0.05) is 29.8 Å². The Morgan fingerprint density at radius 2 is 1.94 bits per heavy atom. The second kappa shape index (κ2) is 5.01. The number of aromatic nitrogens is 2. The summed E-state index contributed by atoms with van der Waals surface area (Å²) in [4.78, 5) is 8.02. The summed E-state index contributed by atoms with van der Waals surface area (Å²) < 4.78 is 10.5. The maximum absolute atomic E-state index is 5.82. The lowest BCUT2D eigenvalue weighted by atomic mass is 10.2. The standard InChI is InChI=1S/C12H11ClN2O2/c1-8-5-3-4-6-9(8)17-12-14-10(13)7-11(15-12)16-2/h3-7H,1-2H3. The van der Waals surface area contributed by atoms with Crippen molar-refractivity contribution < 1.29 is 9.47 Å². The molecule has 0 N–H and O–H groups in total. The Bertz CT molecular complexity index is 532. The summed E-state index contributed by atoms with van der Waals surface area (Å²) in [5.41, 5.74) is 0.995. The molecule has 0 unspecified atom stereocenters. The van der Waals surface area contributed by atoms with Gasteiger partial charge in [-0.2, -0.15) is 9.97 Å². The van der Waals surface area contributed by atoms with Crippen LogP contribution in [0.5, 0.6) is 17.6 Å². The van der Waals surface area contributed by atoms with E-state index >= 15 is 0 Å². The molecule has 0 spiro atoms. The van der Waals surface area contributed by atoms with E-state index in [1.165, 1.54) is 13.2 Å². The Labute approximate surface area is 104 Å². The zero-order valence-corrected chi connectivity index (χ0v) is 10.2. The van der Waals surface area contributed by atoms with E-state index < -0.39 is 0 Å². The summed E-state index contributed by atoms with van der Waals surface area (Å²) in [5.74, 6) is 1.06. The summed E-state index contributed by atoms with van der Waals surface area (Å²) in [7, 11) is 1.51. The molecule has 2 aromatic rings. The van der Waals surface area contributed by atoms with Crippen molar-refractivity contribution in [2.24, 2.45) is 0 Å². The third kappa shape index (κ3) is 2.85. The van der Waals surface area contributed by atoms with Gasteiger partial charge in [0.2, 0.25) is 5.88 Å². The van der Waals surface area contributed by atoms with Crippen LogP contribution >= 0.6 is 11.6 Å². The molecule has 5 heteroatoms. The quantitative estimate of drug-likeness (QED) is 0.785. The molecule has 0 aliphatic carbocycles. The van der Waals surface area contributed by atoms with Crippen LogP contribution in [0.15, 0.2) is 30.3 Å². The molecule has 0 saturated carbocycles. The van der Waals surface area contributed by atoms with E-state index in [9.17, 15) is 0 Å². The zero-order valence-electron chi connectivity index (χ0n) is 9.48. The molecular weight excluding hydrogens is 240 g/mol. The summed E-state index contributed by atoms with van der Waals surface area (Å²) in [5, 5.41) is 0.278. The van der Waals surface area contributed by atoms with Crippen LogP contribution in [0.2, 0.25) is 5.15 Å². The van der Waals surface area contributed by atoms with Gasteiger partial charge >= 0.3 is 6.01 Å². The molecule has 0 aliphatic heterocycles. The first kappa shape index (κ1) is 11.7. The number of para-hydroxylation sites is 1. The van der Waals surface area contributed by atoms with Crippen molar-refractivity contribution in [1.29, 1.82) is 0 Å². The van der Waals surface area contributed by atoms with Gasteiger partial charge in [0.25, 0.3) is 0 Å². The smallest absolute Gasteiger partial charge is 0.326 e. The van der Waals surface area contributed by atoms with Gasteiger partial charge in [-0.25, -0.2) is 0 Å². The lowest BCUT2D eigenvalue weighted by molar-refractivity contribution is 0.376. The fourth-order valence-corrected chi connectivity index (χ4v) is 1.46. The normalized spacial score (nSPS) is 10.1. The molecule has 1 aromatic carbocycles. The second-order valence-corrected chi connectivity index (χ2v) is 3.77. The third-order valence-corrected chi connectivity index (χ3v) is 2.35. The van der Waals surface area contributed by atoms with E-state index in [1.54, 1.807) is 0 Å². The van der Waals surface area contributed by atoms with Crippen molar-refractivity contribution in [3.05, 3.63) is 41.0 Å². The summed E-state index contributed by atoms with van der Waals surface area (Å²) in [6.07, 6.45) is 0. The van der Waals surface area contributed by atoms with Crippen LogP contribution in [0.1, 0.15) is 5.56 Å². The highest BCUT2D eigenvalue weighted by Gasteiger charge is 2.07. The molecule has 0 bridgehead atoms. The first-order valence-electron chi connectivity index (χ1n) is 5.01. The fraction of sp³-hybridized carbons (Fsp3) is 0.167. The Morgan fingerprint density at radius 1 is 1.18 bits per heavy atom. The topological polar surface area (TPSA) is 44.2 Å². The minimum atomic E-state index is 0.170. The van der Waals surface area contributed by atoms with E-state index in [-0.39, 0.29) is 11.2 Å². The fourth-order valence-electron chi connectivity index (χ4n) is 1.30. The molecule has 1 heterocycles. The van der Waals surface area contributed by atoms with Crippen LogP contribution in [0, 0.1) is 6.92 Å². The van der Waals surface area contributed by atoms with Crippen molar-refractivity contribution in [2.75, 3.05) is 7.11 Å². The van der Waals surface area contributed by atoms with Crippen molar-refractivity contribution in [3.63, 3.8) is 0 Å². The van der Waals surface area contributed by atoms with Gasteiger partial charge in [-0.3, -0.25) is 0 Å². The van der Waals surface area contributed by atoms with Crippen LogP contribution in [-0.2, 0) is 0 Å². The lowest BCUT2D eigenvalue weighted by Gasteiger charge is -2.07. The molecule has 2 rings (SSSR count). The Kier molecular flexibility index (Phi) is 3.44. The van der Waals surface area contributed by atoms with E-state index in [4.69, 9.17) is 21.1 Å². The van der Waals surface area contributed by atoms with E-state index in [2.05, 4.69) is 9.97 Å². The van der Waals surface area contributed by atoms with Gasteiger partial charge in [0, 0.05) is 6.07 Å². The number of halogens is 1. The van der Waals surface area contributed by atoms with Gasteiger partial charge in [-0.05, 0) is 18.6 Å². The molecule has 0 atom stereocenters. The van der Waals surface area contributed by atoms with Crippen molar-refractivity contribution >= 4 is 11.6 Å². The third-order valence-electron chi connectivity index (χ3n) is 2.15. The zero-order chi connectivity index (χ0) is 12.3. The van der Waals surface area contributed by atoms with Gasteiger partial charge < -0.3 is 9.47 Å². The molecule has 0 radical (unpaired) electrons. The molecule has 88 valence electrons. The SMILES string of the molecule is COc1cc(Cl)nc(Oc2ccccc2C)n1. The molecule has 1 aromatic heterocycles. The summed E-state index contributed by atoms with van der Waals surface area (Å²) in [6, 6.07) is 9.28. The Morgan fingerprint density at radius 3 is 2.65 bits per heavy atom. The highest BCUT2D eigenvalue weighted by atomic mass is 35.5. The van der Waals surface area contributed by atoms with Crippen LogP contribution in [0.4, 0.5) is 0 Å². The molecule has 0 saturated heterocycles. The average molecular weight is 251 g/mol. The predicted molar refractivity (Wildman–Crippen MR) is 64.8 cm³/mol. The highest BCUT2D eigenvalue weighted by Crippen LogP contribution is 2.24. The molecular formula is C12H11ClN2O2. The minimum absolute atomic E-state index is 0.170. The number of hydrogen-bond acceptors (Lipinski definition) is 4. The molecule has 0 fully saturated rings. The minimum Gasteiger partial charge on any atom is -0.481 e. The van der Waals surface area contributed by atoms with E-state index in [0.29, 0.717) is 11.6 Å². The van der Waals surface area contributed by atoms with Gasteiger partial charge in [0.1, 0.15) is 10.9 Å². The van der Waals surface area contributed by atoms with Gasteiger partial charge in [-0.15, -0.1) is 0 Å².